The summed E-state index contributed by atoms with van der Waals surface area (Å²) in [6, 6.07) is 11.6. The molecule has 1 aromatic heterocycles. The summed E-state index contributed by atoms with van der Waals surface area (Å²) in [6.07, 6.45) is 15.2. The molecule has 1 spiro atoms. The smallest absolute Gasteiger partial charge is 0.345 e. The summed E-state index contributed by atoms with van der Waals surface area (Å²) in [7, 11) is 0. The van der Waals surface area contributed by atoms with Crippen LogP contribution in [-0.2, 0) is 16.6 Å². The van der Waals surface area contributed by atoms with E-state index in [-0.39, 0.29) is 11.3 Å². The van der Waals surface area contributed by atoms with Crippen molar-refractivity contribution in [3.05, 3.63) is 46.5 Å². The predicted octanol–water partition coefficient (Wildman–Crippen LogP) is 2.99. The van der Waals surface area contributed by atoms with Gasteiger partial charge < -0.3 is 10.2 Å². The number of thiazole rings is 1. The number of nitrogens with one attached hydrogen (secondary N) is 2. The minimum absolute atomic E-state index is 0.0383. The van der Waals surface area contributed by atoms with Gasteiger partial charge in [-0.2, -0.15) is 4.98 Å². The third-order valence-corrected chi connectivity index (χ3v) is 12.5. The van der Waals surface area contributed by atoms with Gasteiger partial charge in [0.05, 0.1) is 36.5 Å². The van der Waals surface area contributed by atoms with Gasteiger partial charge in [-0.1, -0.05) is 49.6 Å². The minimum Gasteiger partial charge on any atom is -0.345 e. The van der Waals surface area contributed by atoms with Gasteiger partial charge in [-0.05, 0) is 67.3 Å². The van der Waals surface area contributed by atoms with E-state index in [2.05, 4.69) is 45.5 Å². The molecule has 38 heavy (non-hydrogen) atoms. The van der Waals surface area contributed by atoms with Crippen molar-refractivity contribution in [1.29, 1.82) is 0 Å². The maximum atomic E-state index is 14.7. The Morgan fingerprint density at radius 1 is 1.03 bits per heavy atom. The Kier molecular flexibility index (Phi) is 7.08. The highest BCUT2D eigenvalue weighted by Crippen LogP contribution is 2.48. The van der Waals surface area contributed by atoms with Crippen LogP contribution in [0, 0.1) is 11.8 Å². The first-order chi connectivity index (χ1) is 18.7. The molecular formula is C32H47N4OS+3. The van der Waals surface area contributed by atoms with Gasteiger partial charge in [-0.25, -0.2) is 4.90 Å². The number of aromatic nitrogens is 1. The third kappa shape index (κ3) is 4.45. The molecule has 1 saturated carbocycles. The molecule has 0 radical (unpaired) electrons. The number of aryl methyl sites for hydroxylation is 1. The number of hydrogen-bond donors (Lipinski definition) is 2. The molecule has 2 aliphatic carbocycles. The first kappa shape index (κ1) is 25.2. The Morgan fingerprint density at radius 3 is 2.66 bits per heavy atom. The normalized spacial score (nSPS) is 32.6. The molecule has 5 aliphatic rings. The molecule has 1 amide bonds. The number of hydrogen-bond acceptors (Lipinski definition) is 2. The summed E-state index contributed by atoms with van der Waals surface area (Å²) < 4.78 is 0. The lowest BCUT2D eigenvalue weighted by Gasteiger charge is -2.46. The van der Waals surface area contributed by atoms with Crippen LogP contribution in [0.15, 0.2) is 30.3 Å². The van der Waals surface area contributed by atoms with Crippen molar-refractivity contribution in [3.63, 3.8) is 0 Å². The highest BCUT2D eigenvalue weighted by atomic mass is 32.1. The Morgan fingerprint density at radius 2 is 1.84 bits per heavy atom. The zero-order valence-electron chi connectivity index (χ0n) is 23.1. The summed E-state index contributed by atoms with van der Waals surface area (Å²) in [5.74, 6) is 1.91. The van der Waals surface area contributed by atoms with Gasteiger partial charge in [-0.15, -0.1) is 0 Å². The Hall–Kier alpha value is -1.76. The molecule has 204 valence electrons. The van der Waals surface area contributed by atoms with E-state index in [1.807, 2.05) is 11.3 Å². The number of H-pyrrole nitrogens is 1. The number of carbonyl (C=O) groups excluding carboxylic acids is 1. The molecule has 4 fully saturated rings. The van der Waals surface area contributed by atoms with Crippen molar-refractivity contribution in [2.75, 3.05) is 32.7 Å². The fraction of sp³-hybridized carbons (Fsp3) is 0.688. The van der Waals surface area contributed by atoms with Crippen LogP contribution in [0.2, 0.25) is 0 Å². The van der Waals surface area contributed by atoms with Gasteiger partial charge in [0.1, 0.15) is 5.92 Å². The topological polar surface area (TPSA) is 55.5 Å². The number of rotatable bonds is 4. The van der Waals surface area contributed by atoms with Gasteiger partial charge in [0.25, 0.3) is 0 Å². The summed E-state index contributed by atoms with van der Waals surface area (Å²) in [5, 5.41) is 3.92. The zero-order chi connectivity index (χ0) is 25.5. The fourth-order valence-corrected chi connectivity index (χ4v) is 10.6. The van der Waals surface area contributed by atoms with Crippen LogP contribution in [0.25, 0.3) is 0 Å². The molecule has 4 heterocycles. The maximum Gasteiger partial charge on any atom is 0.427 e. The van der Waals surface area contributed by atoms with E-state index in [1.54, 1.807) is 9.78 Å². The Labute approximate surface area is 232 Å². The van der Waals surface area contributed by atoms with Crippen molar-refractivity contribution in [1.82, 2.24) is 4.90 Å². The number of fused-ring (bicyclic) bond motifs is 2. The van der Waals surface area contributed by atoms with Gasteiger partial charge in [-0.3, -0.25) is 4.79 Å². The number of carbonyl (C=O) groups is 1. The molecule has 4 N–H and O–H groups in total. The lowest BCUT2D eigenvalue weighted by Crippen LogP contribution is -3.05. The maximum absolute atomic E-state index is 14.7. The van der Waals surface area contributed by atoms with Gasteiger partial charge in [0, 0.05) is 31.8 Å². The first-order valence-corrected chi connectivity index (χ1v) is 16.6. The molecule has 1 aromatic carbocycles. The van der Waals surface area contributed by atoms with Crippen LogP contribution in [0.3, 0.4) is 0 Å². The van der Waals surface area contributed by atoms with E-state index in [0.717, 1.165) is 38.9 Å². The van der Waals surface area contributed by atoms with Gasteiger partial charge in [0.2, 0.25) is 5.91 Å². The second-order valence-corrected chi connectivity index (χ2v) is 14.1. The number of amides is 1. The van der Waals surface area contributed by atoms with Crippen LogP contribution in [-0.4, -0.2) is 49.6 Å². The van der Waals surface area contributed by atoms with Crippen LogP contribution in [0.1, 0.15) is 92.7 Å². The second kappa shape index (κ2) is 10.7. The number of quaternary nitrogens is 2. The molecule has 7 rings (SSSR count). The van der Waals surface area contributed by atoms with Crippen molar-refractivity contribution >= 4 is 22.4 Å². The number of nitrogens with two attached hydrogens (primary N) is 1. The Balaban J connectivity index is 1.18. The number of benzene rings is 1. The molecule has 5 nitrogen and oxygen atoms in total. The average Bonchev–Trinajstić information content (AvgIpc) is 3.74. The van der Waals surface area contributed by atoms with E-state index < -0.39 is 0 Å². The van der Waals surface area contributed by atoms with E-state index in [9.17, 15) is 4.79 Å². The van der Waals surface area contributed by atoms with Crippen molar-refractivity contribution in [2.24, 2.45) is 11.8 Å². The number of aromatic amines is 1. The lowest BCUT2D eigenvalue weighted by atomic mass is 9.68. The van der Waals surface area contributed by atoms with Crippen molar-refractivity contribution in [3.8, 4) is 0 Å². The molecular weight excluding hydrogens is 488 g/mol. The monoisotopic (exact) mass is 535 g/mol. The standard InChI is InChI=1S/C32H44N4OS/c37-30(36-19-15-25(23-10-3-1-4-11-23)20-28(36)24-12-5-2-6-13-24)26-21-33-22-32(26)16-9-14-27-29(32)38-31(34-27)35-17-7-8-18-35/h1,3-4,10-11,24-26,28,33H,2,5-9,12-22H2/p+3/t25-,26+,28+,32-/m1/s1. The second-order valence-electron chi connectivity index (χ2n) is 13.1. The average molecular weight is 536 g/mol. The summed E-state index contributed by atoms with van der Waals surface area (Å²) in [4.78, 5) is 24.3. The SMILES string of the molecule is O=C([C@@H]1C[NH2+]C[C@]12CCCc1[nH+]c([NH+]3CCCC3)sc12)N1CC[C@@H](c2ccccc2)C[C@H]1C1CCCCC1. The quantitative estimate of drug-likeness (QED) is 0.622. The van der Waals surface area contributed by atoms with Crippen LogP contribution >= 0.6 is 11.3 Å². The molecule has 2 aromatic rings. The minimum atomic E-state index is 0.0383. The van der Waals surface area contributed by atoms with Crippen molar-refractivity contribution < 1.29 is 20.0 Å². The number of piperidine rings is 1. The molecule has 3 saturated heterocycles. The van der Waals surface area contributed by atoms with Gasteiger partial charge in [0.15, 0.2) is 5.69 Å². The van der Waals surface area contributed by atoms with Crippen LogP contribution in [0.4, 0.5) is 5.13 Å². The van der Waals surface area contributed by atoms with Crippen LogP contribution < -0.4 is 15.2 Å². The molecule has 6 heteroatoms. The third-order valence-electron chi connectivity index (χ3n) is 11.0. The summed E-state index contributed by atoms with van der Waals surface area (Å²) in [6.45, 7) is 5.53. The number of nitrogens with zero attached hydrogens (tertiary/aromatic N) is 1. The van der Waals surface area contributed by atoms with Crippen molar-refractivity contribution in [2.45, 2.75) is 94.4 Å². The van der Waals surface area contributed by atoms with E-state index in [1.165, 1.54) is 87.3 Å². The largest absolute Gasteiger partial charge is 0.427 e. The zero-order valence-corrected chi connectivity index (χ0v) is 23.9. The summed E-state index contributed by atoms with van der Waals surface area (Å²) in [5.41, 5.74) is 2.99. The highest BCUT2D eigenvalue weighted by Gasteiger charge is 2.58. The van der Waals surface area contributed by atoms with Gasteiger partial charge >= 0.3 is 5.13 Å². The summed E-state index contributed by atoms with van der Waals surface area (Å²) >= 11 is 2.04. The lowest BCUT2D eigenvalue weighted by molar-refractivity contribution is -0.851. The molecule has 3 aliphatic heterocycles. The van der Waals surface area contributed by atoms with E-state index in [4.69, 9.17) is 0 Å². The number of likely N-dealkylation sites (tertiary alicyclic amines) is 1. The van der Waals surface area contributed by atoms with E-state index in [0.29, 0.717) is 23.8 Å². The Bertz CT molecular complexity index is 1120. The predicted molar refractivity (Wildman–Crippen MR) is 151 cm³/mol. The molecule has 0 unspecified atom stereocenters. The molecule has 0 bridgehead atoms. The highest BCUT2D eigenvalue weighted by molar-refractivity contribution is 7.14. The van der Waals surface area contributed by atoms with Crippen LogP contribution in [0.5, 0.6) is 0 Å². The van der Waals surface area contributed by atoms with E-state index >= 15 is 0 Å². The fourth-order valence-electron chi connectivity index (χ4n) is 9.05. The first-order valence-electron chi connectivity index (χ1n) is 15.8. The molecule has 4 atom stereocenters.